The lowest BCUT2D eigenvalue weighted by atomic mass is 9.79. The van der Waals surface area contributed by atoms with E-state index < -0.39 is 85.3 Å². The van der Waals surface area contributed by atoms with Crippen LogP contribution in [0.2, 0.25) is 0 Å². The average Bonchev–Trinajstić information content (AvgIpc) is 3.42. The molecule has 1 saturated heterocycles. The van der Waals surface area contributed by atoms with Crippen molar-refractivity contribution in [2.75, 3.05) is 6.61 Å². The lowest BCUT2D eigenvalue weighted by molar-refractivity contribution is -0.454. The Morgan fingerprint density at radius 1 is 0.486 bits per heavy atom. The molecule has 0 saturated carbocycles. The Hall–Kier alpha value is -1.44. The summed E-state index contributed by atoms with van der Waals surface area (Å²) in [7, 11) is 0. The summed E-state index contributed by atoms with van der Waals surface area (Å²) in [6.45, 7) is -2.84. The van der Waals surface area contributed by atoms with Crippen molar-refractivity contribution in [2.45, 2.75) is 78.7 Å². The van der Waals surface area contributed by atoms with Gasteiger partial charge in [0.25, 0.3) is 0 Å². The van der Waals surface area contributed by atoms with Gasteiger partial charge in [-0.1, -0.05) is 0 Å². The van der Waals surface area contributed by atoms with E-state index in [0.29, 0.717) is 0 Å². The molecular weight excluding hydrogens is 564 g/mol. The molecule has 0 aromatic rings. The van der Waals surface area contributed by atoms with Crippen LogP contribution in [0.1, 0.15) is 13.3 Å². The highest BCUT2D eigenvalue weighted by Crippen LogP contribution is 2.65. The van der Waals surface area contributed by atoms with Crippen LogP contribution in [-0.2, 0) is 4.74 Å². The summed E-state index contributed by atoms with van der Waals surface area (Å²) in [6.07, 6.45) is -12.4. The van der Waals surface area contributed by atoms with Crippen LogP contribution >= 0.6 is 0 Å². The highest BCUT2D eigenvalue weighted by molar-refractivity contribution is 5.20. The fourth-order valence-corrected chi connectivity index (χ4v) is 2.39. The van der Waals surface area contributed by atoms with Crippen LogP contribution in [0, 0.1) is 0 Å². The Morgan fingerprint density at radius 3 is 1.06 bits per heavy atom. The van der Waals surface area contributed by atoms with Gasteiger partial charge in [-0.25, -0.2) is 4.39 Å². The number of ether oxygens (including phenoxy) is 1. The summed E-state index contributed by atoms with van der Waals surface area (Å²) in [5.74, 6) is -64.5. The first-order valence-electron chi connectivity index (χ1n) is 8.22. The molecule has 1 aliphatic rings. The molecule has 0 aromatic heterocycles. The lowest BCUT2D eigenvalue weighted by Gasteiger charge is -2.46. The smallest absolute Gasteiger partial charge is 0.373 e. The molecule has 1 aliphatic heterocycles. The molecule has 0 amide bonds. The molecular formula is C14H8F20O. The molecule has 2 unspecified atom stereocenters. The summed E-state index contributed by atoms with van der Waals surface area (Å²) in [5.41, 5.74) is -7.60. The molecule has 0 radical (unpaired) electrons. The Labute approximate surface area is 179 Å². The number of rotatable bonds is 10. The molecule has 0 spiro atoms. The second-order valence-corrected chi connectivity index (χ2v) is 7.39. The van der Waals surface area contributed by atoms with Crippen LogP contribution in [0.25, 0.3) is 0 Å². The lowest BCUT2D eigenvalue weighted by Crippen LogP contribution is -2.77. The minimum atomic E-state index is -8.68. The largest absolute Gasteiger partial charge is 0.460 e. The first-order valence-corrected chi connectivity index (χ1v) is 8.22. The third kappa shape index (κ3) is 3.97. The van der Waals surface area contributed by atoms with Crippen LogP contribution in [-0.4, -0.2) is 71.9 Å². The van der Waals surface area contributed by atoms with E-state index in [1.807, 2.05) is 0 Å². The van der Waals surface area contributed by atoms with Crippen molar-refractivity contribution < 1.29 is 92.5 Å². The summed E-state index contributed by atoms with van der Waals surface area (Å²) in [6, 6.07) is 0. The van der Waals surface area contributed by atoms with Crippen LogP contribution < -0.4 is 0 Å². The van der Waals surface area contributed by atoms with E-state index in [1.165, 1.54) is 0 Å². The summed E-state index contributed by atoms with van der Waals surface area (Å²) >= 11 is 0. The molecule has 0 aromatic carbocycles. The van der Waals surface area contributed by atoms with Gasteiger partial charge >= 0.3 is 53.6 Å². The molecule has 0 bridgehead atoms. The average molecular weight is 572 g/mol. The van der Waals surface area contributed by atoms with Crippen molar-refractivity contribution >= 4 is 0 Å². The standard InChI is InChI=1S/C14H8F20O/c1-5(15,8(20,21)11(26,27)12(28,29)13(30,31)14(32,33)34)7(18,19)10(24,25)9(22,23)6(16,17)2-4-3-35-4/h4H,2-3H2,1H3. The van der Waals surface area contributed by atoms with E-state index in [1.54, 1.807) is 0 Å². The minimum absolute atomic E-state index is 0.846. The van der Waals surface area contributed by atoms with Gasteiger partial charge in [0, 0.05) is 6.42 Å². The molecule has 35 heavy (non-hydrogen) atoms. The maximum Gasteiger partial charge on any atom is 0.460 e. The first kappa shape index (κ1) is 31.6. The minimum Gasteiger partial charge on any atom is -0.373 e. The molecule has 0 N–H and O–H groups in total. The van der Waals surface area contributed by atoms with E-state index in [9.17, 15) is 87.8 Å². The monoisotopic (exact) mass is 572 g/mol. The van der Waals surface area contributed by atoms with Gasteiger partial charge in [0.15, 0.2) is 0 Å². The molecule has 1 nitrogen and oxygen atoms in total. The van der Waals surface area contributed by atoms with Gasteiger partial charge in [-0.3, -0.25) is 0 Å². The zero-order valence-corrected chi connectivity index (χ0v) is 16.0. The van der Waals surface area contributed by atoms with Crippen LogP contribution in [0.5, 0.6) is 0 Å². The van der Waals surface area contributed by atoms with Gasteiger partial charge in [-0.05, 0) is 6.92 Å². The molecule has 21 heteroatoms. The Balaban J connectivity index is 3.68. The highest BCUT2D eigenvalue weighted by Gasteiger charge is 2.95. The first-order chi connectivity index (χ1) is 14.8. The number of epoxide rings is 1. The third-order valence-electron chi connectivity index (χ3n) is 4.85. The van der Waals surface area contributed by atoms with Crippen molar-refractivity contribution in [3.63, 3.8) is 0 Å². The Bertz CT molecular complexity index is 788. The van der Waals surface area contributed by atoms with Gasteiger partial charge in [0.1, 0.15) is 0 Å². The Morgan fingerprint density at radius 2 is 0.771 bits per heavy atom. The van der Waals surface area contributed by atoms with E-state index in [0.717, 1.165) is 0 Å². The van der Waals surface area contributed by atoms with E-state index in [2.05, 4.69) is 4.74 Å². The van der Waals surface area contributed by atoms with Crippen LogP contribution in [0.3, 0.4) is 0 Å². The number of halogens is 20. The molecule has 210 valence electrons. The van der Waals surface area contributed by atoms with E-state index in [-0.39, 0.29) is 0 Å². The van der Waals surface area contributed by atoms with E-state index in [4.69, 9.17) is 0 Å². The molecule has 1 rings (SSSR count). The van der Waals surface area contributed by atoms with Gasteiger partial charge in [-0.2, -0.15) is 83.4 Å². The van der Waals surface area contributed by atoms with Gasteiger partial charge in [0.05, 0.1) is 12.7 Å². The normalized spacial score (nSPS) is 21.7. The van der Waals surface area contributed by atoms with Gasteiger partial charge in [0.2, 0.25) is 5.67 Å². The van der Waals surface area contributed by atoms with Crippen molar-refractivity contribution in [2.24, 2.45) is 0 Å². The maximum atomic E-state index is 14.1. The zero-order valence-electron chi connectivity index (χ0n) is 16.0. The predicted octanol–water partition coefficient (Wildman–Crippen LogP) is 7.15. The SMILES string of the molecule is CC(F)(C(F)(F)C(F)(F)C(F)(F)C(F)(F)CC1CO1)C(F)(F)C(F)(F)C(F)(F)C(F)(F)C(F)(F)F. The second kappa shape index (κ2) is 7.78. The Kier molecular flexibility index (Phi) is 7.02. The molecule has 1 fully saturated rings. The molecule has 2 atom stereocenters. The van der Waals surface area contributed by atoms with E-state index >= 15 is 0 Å². The van der Waals surface area contributed by atoms with Crippen molar-refractivity contribution in [1.82, 2.24) is 0 Å². The quantitative estimate of drug-likeness (QED) is 0.200. The fraction of sp³-hybridized carbons (Fsp3) is 1.00. The fourth-order valence-electron chi connectivity index (χ4n) is 2.39. The van der Waals surface area contributed by atoms with Gasteiger partial charge in [-0.15, -0.1) is 0 Å². The zero-order chi connectivity index (χ0) is 28.7. The molecule has 1 heterocycles. The summed E-state index contributed by atoms with van der Waals surface area (Å²) in [5, 5.41) is 0. The van der Waals surface area contributed by atoms with Crippen molar-refractivity contribution in [3.05, 3.63) is 0 Å². The maximum absolute atomic E-state index is 14.1. The topological polar surface area (TPSA) is 12.5 Å². The summed E-state index contributed by atoms with van der Waals surface area (Å²) in [4.78, 5) is 0. The number of hydrogen-bond acceptors (Lipinski definition) is 1. The third-order valence-corrected chi connectivity index (χ3v) is 4.85. The van der Waals surface area contributed by atoms with Crippen LogP contribution in [0.4, 0.5) is 87.8 Å². The predicted molar refractivity (Wildman–Crippen MR) is 69.5 cm³/mol. The second-order valence-electron chi connectivity index (χ2n) is 7.39. The highest BCUT2D eigenvalue weighted by atomic mass is 19.4. The van der Waals surface area contributed by atoms with Gasteiger partial charge < -0.3 is 4.74 Å². The summed E-state index contributed by atoms with van der Waals surface area (Å²) < 4.78 is 270. The number of hydrogen-bond donors (Lipinski definition) is 0. The van der Waals surface area contributed by atoms with Crippen LogP contribution in [0.15, 0.2) is 0 Å². The number of alkyl halides is 20. The van der Waals surface area contributed by atoms with Crippen molar-refractivity contribution in [3.8, 4) is 0 Å². The molecule has 0 aliphatic carbocycles. The van der Waals surface area contributed by atoms with Crippen molar-refractivity contribution in [1.29, 1.82) is 0 Å².